The standard InChI is InChI=1S/C24H30N2O5/c1-29-24(28)26-10-8-25(9-11-26)16-20(27)17-31-21-14-19-4-2-3-5-22(19)23(15-21)18-6-12-30-13-7-18/h2-6,14-15,20,27H,7-13,16-17H2,1H3. The molecule has 1 fully saturated rings. The second-order valence-corrected chi connectivity index (χ2v) is 7.97. The van der Waals surface area contributed by atoms with E-state index in [4.69, 9.17) is 14.2 Å². The summed E-state index contributed by atoms with van der Waals surface area (Å²) >= 11 is 0. The van der Waals surface area contributed by atoms with E-state index in [1.807, 2.05) is 12.1 Å². The van der Waals surface area contributed by atoms with Crippen LogP contribution in [-0.2, 0) is 9.47 Å². The molecule has 2 aromatic rings. The molecule has 7 heteroatoms. The van der Waals surface area contributed by atoms with Crippen molar-refractivity contribution in [2.24, 2.45) is 0 Å². The zero-order chi connectivity index (χ0) is 21.6. The smallest absolute Gasteiger partial charge is 0.409 e. The van der Waals surface area contributed by atoms with E-state index in [0.29, 0.717) is 39.3 Å². The van der Waals surface area contributed by atoms with Crippen molar-refractivity contribution < 1.29 is 24.1 Å². The molecule has 4 rings (SSSR count). The Kier molecular flexibility index (Phi) is 7.06. The fourth-order valence-corrected chi connectivity index (χ4v) is 4.19. The molecule has 2 aromatic carbocycles. The van der Waals surface area contributed by atoms with Gasteiger partial charge in [0, 0.05) is 32.7 Å². The predicted octanol–water partition coefficient (Wildman–Crippen LogP) is 2.77. The van der Waals surface area contributed by atoms with Gasteiger partial charge in [-0.25, -0.2) is 4.79 Å². The summed E-state index contributed by atoms with van der Waals surface area (Å²) < 4.78 is 16.2. The lowest BCUT2D eigenvalue weighted by atomic mass is 9.95. The van der Waals surface area contributed by atoms with Gasteiger partial charge >= 0.3 is 6.09 Å². The van der Waals surface area contributed by atoms with Gasteiger partial charge in [-0.05, 0) is 40.5 Å². The molecule has 0 saturated carbocycles. The van der Waals surface area contributed by atoms with Crippen LogP contribution in [-0.4, -0.2) is 86.8 Å². The average molecular weight is 427 g/mol. The first-order valence-corrected chi connectivity index (χ1v) is 10.8. The summed E-state index contributed by atoms with van der Waals surface area (Å²) in [5.41, 5.74) is 2.45. The molecule has 1 saturated heterocycles. The number of amides is 1. The number of carbonyl (C=O) groups is 1. The number of benzene rings is 2. The zero-order valence-corrected chi connectivity index (χ0v) is 18.0. The van der Waals surface area contributed by atoms with E-state index in [-0.39, 0.29) is 12.7 Å². The Balaban J connectivity index is 1.38. The number of aliphatic hydroxyl groups excluding tert-OH is 1. The van der Waals surface area contributed by atoms with Crippen molar-refractivity contribution in [2.75, 3.05) is 59.7 Å². The van der Waals surface area contributed by atoms with Crippen molar-refractivity contribution in [1.82, 2.24) is 9.80 Å². The quantitative estimate of drug-likeness (QED) is 0.766. The van der Waals surface area contributed by atoms with Gasteiger partial charge in [-0.2, -0.15) is 0 Å². The molecule has 0 aliphatic carbocycles. The third kappa shape index (κ3) is 5.36. The molecule has 1 atom stereocenters. The Morgan fingerprint density at radius 3 is 2.74 bits per heavy atom. The van der Waals surface area contributed by atoms with Gasteiger partial charge in [0.05, 0.1) is 20.3 Å². The number of carbonyl (C=O) groups excluding carboxylic acids is 1. The van der Waals surface area contributed by atoms with Crippen LogP contribution in [0, 0.1) is 0 Å². The Morgan fingerprint density at radius 2 is 2.00 bits per heavy atom. The molecule has 0 bridgehead atoms. The highest BCUT2D eigenvalue weighted by atomic mass is 16.5. The fourth-order valence-electron chi connectivity index (χ4n) is 4.19. The van der Waals surface area contributed by atoms with Crippen LogP contribution in [0.5, 0.6) is 5.75 Å². The Hall–Kier alpha value is -2.61. The minimum Gasteiger partial charge on any atom is -0.491 e. The van der Waals surface area contributed by atoms with E-state index in [1.165, 1.54) is 23.6 Å². The van der Waals surface area contributed by atoms with Gasteiger partial charge in [-0.1, -0.05) is 30.3 Å². The van der Waals surface area contributed by atoms with Crippen molar-refractivity contribution in [3.8, 4) is 5.75 Å². The Bertz CT molecular complexity index is 937. The molecule has 0 spiro atoms. The van der Waals surface area contributed by atoms with Gasteiger partial charge in [0.25, 0.3) is 0 Å². The molecular weight excluding hydrogens is 396 g/mol. The number of hydrogen-bond donors (Lipinski definition) is 1. The van der Waals surface area contributed by atoms with Gasteiger partial charge in [-0.3, -0.25) is 4.90 Å². The summed E-state index contributed by atoms with van der Waals surface area (Å²) in [5.74, 6) is 0.760. The fraction of sp³-hybridized carbons (Fsp3) is 0.458. The predicted molar refractivity (Wildman–Crippen MR) is 119 cm³/mol. The minimum atomic E-state index is -0.609. The summed E-state index contributed by atoms with van der Waals surface area (Å²) in [7, 11) is 1.40. The van der Waals surface area contributed by atoms with E-state index < -0.39 is 6.10 Å². The number of methoxy groups -OCH3 is 1. The van der Waals surface area contributed by atoms with Crippen LogP contribution in [0.15, 0.2) is 42.5 Å². The second-order valence-electron chi connectivity index (χ2n) is 7.97. The van der Waals surface area contributed by atoms with Crippen LogP contribution in [0.3, 0.4) is 0 Å². The van der Waals surface area contributed by atoms with Crippen LogP contribution in [0.1, 0.15) is 12.0 Å². The van der Waals surface area contributed by atoms with Gasteiger partial charge in [0.1, 0.15) is 18.5 Å². The minimum absolute atomic E-state index is 0.219. The molecule has 7 nitrogen and oxygen atoms in total. The Morgan fingerprint density at radius 1 is 1.19 bits per heavy atom. The molecule has 166 valence electrons. The maximum absolute atomic E-state index is 11.6. The maximum Gasteiger partial charge on any atom is 0.409 e. The van der Waals surface area contributed by atoms with E-state index >= 15 is 0 Å². The van der Waals surface area contributed by atoms with Crippen LogP contribution in [0.4, 0.5) is 4.79 Å². The molecule has 2 heterocycles. The molecule has 1 amide bonds. The van der Waals surface area contributed by atoms with Crippen LogP contribution in [0.25, 0.3) is 16.3 Å². The number of hydrogen-bond acceptors (Lipinski definition) is 6. The first kappa shape index (κ1) is 21.6. The van der Waals surface area contributed by atoms with Crippen molar-refractivity contribution in [2.45, 2.75) is 12.5 Å². The van der Waals surface area contributed by atoms with Crippen LogP contribution in [0.2, 0.25) is 0 Å². The Labute approximate surface area is 182 Å². The molecule has 1 N–H and O–H groups in total. The van der Waals surface area contributed by atoms with Gasteiger partial charge in [0.15, 0.2) is 0 Å². The first-order valence-electron chi connectivity index (χ1n) is 10.8. The zero-order valence-electron chi connectivity index (χ0n) is 18.0. The number of rotatable bonds is 6. The summed E-state index contributed by atoms with van der Waals surface area (Å²) in [6.45, 7) is 4.73. The number of piperazine rings is 1. The molecular formula is C24H30N2O5. The van der Waals surface area contributed by atoms with Crippen LogP contribution >= 0.6 is 0 Å². The molecule has 31 heavy (non-hydrogen) atoms. The number of β-amino-alcohol motifs (C(OH)–C–C–N with tert-alkyl or cyclic N) is 1. The van der Waals surface area contributed by atoms with Gasteiger partial charge in [0.2, 0.25) is 0 Å². The van der Waals surface area contributed by atoms with E-state index in [2.05, 4.69) is 35.2 Å². The highest BCUT2D eigenvalue weighted by Gasteiger charge is 2.23. The summed E-state index contributed by atoms with van der Waals surface area (Å²) in [5, 5.41) is 12.8. The van der Waals surface area contributed by atoms with Gasteiger partial charge in [-0.15, -0.1) is 0 Å². The van der Waals surface area contributed by atoms with Crippen molar-refractivity contribution in [3.05, 3.63) is 48.0 Å². The second kappa shape index (κ2) is 10.1. The highest BCUT2D eigenvalue weighted by Crippen LogP contribution is 2.32. The van der Waals surface area contributed by atoms with Crippen molar-refractivity contribution in [1.29, 1.82) is 0 Å². The van der Waals surface area contributed by atoms with E-state index in [0.717, 1.165) is 24.2 Å². The average Bonchev–Trinajstić information content (AvgIpc) is 2.82. The van der Waals surface area contributed by atoms with E-state index in [1.54, 1.807) is 4.90 Å². The first-order chi connectivity index (χ1) is 15.1. The van der Waals surface area contributed by atoms with Crippen LogP contribution < -0.4 is 4.74 Å². The molecule has 1 unspecified atom stereocenters. The summed E-state index contributed by atoms with van der Waals surface area (Å²) in [6.07, 6.45) is 2.11. The third-order valence-corrected chi connectivity index (χ3v) is 5.86. The topological polar surface area (TPSA) is 71.5 Å². The monoisotopic (exact) mass is 426 g/mol. The number of ether oxygens (including phenoxy) is 3. The summed E-state index contributed by atoms with van der Waals surface area (Å²) in [4.78, 5) is 15.4. The highest BCUT2D eigenvalue weighted by molar-refractivity contribution is 5.95. The molecule has 2 aliphatic rings. The van der Waals surface area contributed by atoms with Crippen molar-refractivity contribution in [3.63, 3.8) is 0 Å². The lowest BCUT2D eigenvalue weighted by Crippen LogP contribution is -2.50. The lowest BCUT2D eigenvalue weighted by Gasteiger charge is -2.34. The SMILES string of the molecule is COC(=O)N1CCN(CC(O)COc2cc(C3=CCOCC3)c3ccccc3c2)CC1. The lowest BCUT2D eigenvalue weighted by molar-refractivity contribution is 0.0435. The largest absolute Gasteiger partial charge is 0.491 e. The molecule has 2 aliphatic heterocycles. The maximum atomic E-state index is 11.6. The van der Waals surface area contributed by atoms with Crippen molar-refractivity contribution >= 4 is 22.4 Å². The van der Waals surface area contributed by atoms with Gasteiger partial charge < -0.3 is 24.2 Å². The number of aliphatic hydroxyl groups is 1. The molecule has 0 radical (unpaired) electrons. The number of fused-ring (bicyclic) bond motifs is 1. The third-order valence-electron chi connectivity index (χ3n) is 5.86. The van der Waals surface area contributed by atoms with E-state index in [9.17, 15) is 9.90 Å². The summed E-state index contributed by atoms with van der Waals surface area (Å²) in [6, 6.07) is 12.4. The molecule has 0 aromatic heterocycles. The number of nitrogens with zero attached hydrogens (tertiary/aromatic N) is 2. The normalized spacial score (nSPS) is 18.5.